The van der Waals surface area contributed by atoms with E-state index in [4.69, 9.17) is 17.3 Å². The number of hydrogen-bond acceptors (Lipinski definition) is 2. The summed E-state index contributed by atoms with van der Waals surface area (Å²) >= 11 is 7.69. The minimum atomic E-state index is -1.12. The molecule has 0 heterocycles. The molecule has 0 bridgehead atoms. The highest BCUT2D eigenvalue weighted by Crippen LogP contribution is 2.34. The molecule has 76 valence electrons. The Kier molecular flexibility index (Phi) is 5.51. The van der Waals surface area contributed by atoms with E-state index >= 15 is 0 Å². The first-order chi connectivity index (χ1) is 5.93. The zero-order valence-electron chi connectivity index (χ0n) is 7.47. The summed E-state index contributed by atoms with van der Waals surface area (Å²) < 4.78 is -0.789. The van der Waals surface area contributed by atoms with Gasteiger partial charge in [-0.05, 0) is 12.8 Å². The van der Waals surface area contributed by atoms with Gasteiger partial charge in [0.05, 0.1) is 5.88 Å². The van der Waals surface area contributed by atoms with E-state index in [1.165, 1.54) is 0 Å². The molecule has 2 nitrogen and oxygen atoms in total. The van der Waals surface area contributed by atoms with Gasteiger partial charge in [-0.15, -0.1) is 24.8 Å². The van der Waals surface area contributed by atoms with Crippen LogP contribution in [0.1, 0.15) is 12.8 Å². The molecule has 13 heavy (non-hydrogen) atoms. The molecule has 0 radical (unpaired) electrons. The molecule has 0 rings (SSSR count). The van der Waals surface area contributed by atoms with Gasteiger partial charge in [-0.2, -0.15) is 0 Å². The van der Waals surface area contributed by atoms with E-state index in [1.807, 2.05) is 22.6 Å². The number of alkyl halides is 2. The molecule has 0 aliphatic heterocycles. The molecule has 0 aromatic heterocycles. The fourth-order valence-corrected chi connectivity index (χ4v) is 2.27. The molecule has 0 spiro atoms. The normalized spacial score (nSPS) is 20.0. The van der Waals surface area contributed by atoms with Crippen LogP contribution in [0, 0.1) is 0 Å². The van der Waals surface area contributed by atoms with Crippen LogP contribution in [0.3, 0.4) is 0 Å². The predicted molar refractivity (Wildman–Crippen MR) is 66.2 cm³/mol. The van der Waals surface area contributed by atoms with Crippen LogP contribution in [0.15, 0.2) is 25.3 Å². The zero-order chi connectivity index (χ0) is 10.5. The average molecular weight is 316 g/mol. The second-order valence-electron chi connectivity index (χ2n) is 3.01. The highest BCUT2D eigenvalue weighted by atomic mass is 127. The number of rotatable bonds is 6. The average Bonchev–Trinajstić information content (AvgIpc) is 2.04. The molecule has 0 aliphatic carbocycles. The lowest BCUT2D eigenvalue weighted by Gasteiger charge is -2.38. The van der Waals surface area contributed by atoms with Crippen molar-refractivity contribution < 1.29 is 5.11 Å². The maximum absolute atomic E-state index is 10.1. The summed E-state index contributed by atoms with van der Waals surface area (Å²) in [6.45, 7) is 7.15. The maximum Gasteiger partial charge on any atom is 0.109 e. The smallest absolute Gasteiger partial charge is 0.109 e. The van der Waals surface area contributed by atoms with Gasteiger partial charge < -0.3 is 10.8 Å². The first-order valence-electron chi connectivity index (χ1n) is 3.91. The van der Waals surface area contributed by atoms with Gasteiger partial charge in [0, 0.05) is 0 Å². The van der Waals surface area contributed by atoms with E-state index < -0.39 is 9.15 Å². The van der Waals surface area contributed by atoms with Crippen molar-refractivity contribution in [1.29, 1.82) is 0 Å². The first kappa shape index (κ1) is 13.4. The molecule has 0 amide bonds. The Hall–Kier alpha value is 0.420. The third-order valence-electron chi connectivity index (χ3n) is 1.92. The third-order valence-corrected chi connectivity index (χ3v) is 3.80. The predicted octanol–water partition coefficient (Wildman–Crippen LogP) is 2.20. The van der Waals surface area contributed by atoms with E-state index in [-0.39, 0.29) is 5.88 Å². The van der Waals surface area contributed by atoms with Crippen molar-refractivity contribution in [2.24, 2.45) is 5.73 Å². The van der Waals surface area contributed by atoms with E-state index in [2.05, 4.69) is 13.2 Å². The van der Waals surface area contributed by atoms with Crippen molar-refractivity contribution in [3.63, 3.8) is 0 Å². The van der Waals surface area contributed by atoms with Gasteiger partial charge in [-0.3, -0.25) is 0 Å². The van der Waals surface area contributed by atoms with Crippen LogP contribution in [-0.2, 0) is 0 Å². The minimum Gasteiger partial charge on any atom is -0.386 e. The van der Waals surface area contributed by atoms with Gasteiger partial charge in [0.2, 0.25) is 0 Å². The molecular weight excluding hydrogens is 300 g/mol. The summed E-state index contributed by atoms with van der Waals surface area (Å²) in [6.07, 6.45) is 4.17. The Labute approximate surface area is 98.0 Å². The number of aliphatic hydroxyl groups is 1. The van der Waals surface area contributed by atoms with Crippen molar-refractivity contribution in [1.82, 2.24) is 0 Å². The van der Waals surface area contributed by atoms with Crippen LogP contribution < -0.4 is 5.73 Å². The Morgan fingerprint density at radius 2 is 1.85 bits per heavy atom. The lowest BCUT2D eigenvalue weighted by Crippen LogP contribution is -2.57. The van der Waals surface area contributed by atoms with Crippen molar-refractivity contribution in [2.75, 3.05) is 5.88 Å². The Morgan fingerprint density at radius 3 is 2.15 bits per heavy atom. The Balaban J connectivity index is 4.69. The number of halogens is 2. The van der Waals surface area contributed by atoms with Gasteiger partial charge in [0.15, 0.2) is 0 Å². The van der Waals surface area contributed by atoms with Crippen LogP contribution in [0.4, 0.5) is 0 Å². The summed E-state index contributed by atoms with van der Waals surface area (Å²) in [4.78, 5) is 0. The molecule has 0 aromatic rings. The highest BCUT2D eigenvalue weighted by Gasteiger charge is 2.43. The van der Waals surface area contributed by atoms with Crippen molar-refractivity contribution >= 4 is 34.2 Å². The zero-order valence-corrected chi connectivity index (χ0v) is 10.4. The Morgan fingerprint density at radius 1 is 1.38 bits per heavy atom. The molecule has 0 aromatic carbocycles. The molecule has 0 saturated carbocycles. The summed E-state index contributed by atoms with van der Waals surface area (Å²) in [6, 6.07) is 0. The van der Waals surface area contributed by atoms with Gasteiger partial charge >= 0.3 is 0 Å². The van der Waals surface area contributed by atoms with Crippen LogP contribution in [0.2, 0.25) is 0 Å². The molecule has 2 unspecified atom stereocenters. The van der Waals surface area contributed by atoms with Gasteiger partial charge in [0.25, 0.3) is 0 Å². The molecule has 4 heteroatoms. The molecule has 3 N–H and O–H groups in total. The molecule has 2 atom stereocenters. The summed E-state index contributed by atoms with van der Waals surface area (Å²) in [7, 11) is 0. The van der Waals surface area contributed by atoms with Crippen molar-refractivity contribution in [2.45, 2.75) is 22.0 Å². The Bertz CT molecular complexity index is 196. The minimum absolute atomic E-state index is 0.0896. The van der Waals surface area contributed by atoms with Gasteiger partial charge in [0.1, 0.15) is 9.15 Å². The summed E-state index contributed by atoms with van der Waals surface area (Å²) in [5.41, 5.74) is 4.82. The number of hydrogen-bond donors (Lipinski definition) is 2. The lowest BCUT2D eigenvalue weighted by molar-refractivity contribution is 0.0335. The maximum atomic E-state index is 10.1. The third kappa shape index (κ3) is 3.23. The summed E-state index contributed by atoms with van der Waals surface area (Å²) in [5.74, 6) is 0.0896. The number of nitrogens with two attached hydrogens (primary N) is 1. The fourth-order valence-electron chi connectivity index (χ4n) is 0.974. The monoisotopic (exact) mass is 315 g/mol. The fraction of sp³-hybridized carbons (Fsp3) is 0.556. The standard InChI is InChI=1S/C9H15ClINO/c1-3-5-8(13,7-10)9(11,12)6-4-2/h3-4,13H,1-2,5-7,12H2. The summed E-state index contributed by atoms with van der Waals surface area (Å²) in [5, 5.41) is 10.1. The van der Waals surface area contributed by atoms with Crippen molar-refractivity contribution in [3.8, 4) is 0 Å². The molecule has 0 aliphatic rings. The molecular formula is C9H15ClINO. The SMILES string of the molecule is C=CCC(N)(I)C(O)(CCl)CC=C. The topological polar surface area (TPSA) is 46.2 Å². The van der Waals surface area contributed by atoms with Crippen LogP contribution >= 0.6 is 34.2 Å². The second kappa shape index (κ2) is 5.34. The molecule has 0 saturated heterocycles. The van der Waals surface area contributed by atoms with E-state index in [1.54, 1.807) is 12.2 Å². The highest BCUT2D eigenvalue weighted by molar-refractivity contribution is 14.1. The second-order valence-corrected chi connectivity index (χ2v) is 5.21. The van der Waals surface area contributed by atoms with Crippen molar-refractivity contribution in [3.05, 3.63) is 25.3 Å². The van der Waals surface area contributed by atoms with Crippen LogP contribution in [0.5, 0.6) is 0 Å². The van der Waals surface area contributed by atoms with E-state index in [9.17, 15) is 5.11 Å². The van der Waals surface area contributed by atoms with E-state index in [0.717, 1.165) is 0 Å². The van der Waals surface area contributed by atoms with Crippen LogP contribution in [0.25, 0.3) is 0 Å². The molecule has 0 fully saturated rings. The van der Waals surface area contributed by atoms with E-state index in [0.29, 0.717) is 12.8 Å². The largest absolute Gasteiger partial charge is 0.386 e. The van der Waals surface area contributed by atoms with Gasteiger partial charge in [-0.1, -0.05) is 34.7 Å². The quantitative estimate of drug-likeness (QED) is 0.342. The lowest BCUT2D eigenvalue weighted by atomic mass is 9.91. The van der Waals surface area contributed by atoms with Gasteiger partial charge in [-0.25, -0.2) is 0 Å². The first-order valence-corrected chi connectivity index (χ1v) is 5.53. The van der Waals surface area contributed by atoms with Crippen LogP contribution in [-0.4, -0.2) is 20.1 Å².